The molecule has 0 radical (unpaired) electrons. The van der Waals surface area contributed by atoms with Crippen LogP contribution in [0.3, 0.4) is 0 Å². The molecule has 23 heavy (non-hydrogen) atoms. The van der Waals surface area contributed by atoms with Crippen LogP contribution in [0.4, 0.5) is 0 Å². The molecule has 126 valence electrons. The number of rotatable bonds is 1. The monoisotopic (exact) mass is 582 g/mol. The minimum absolute atomic E-state index is 0. The third-order valence-corrected chi connectivity index (χ3v) is 5.65. The Morgan fingerprint density at radius 2 is 1.48 bits per heavy atom. The highest BCUT2D eigenvalue weighted by Gasteiger charge is 2.07. The first-order valence-electron chi connectivity index (χ1n) is 5.42. The van der Waals surface area contributed by atoms with Crippen LogP contribution in [0.15, 0.2) is 30.3 Å². The quantitative estimate of drug-likeness (QED) is 0.341. The molecule has 8 heteroatoms. The van der Waals surface area contributed by atoms with Gasteiger partial charge in [0.15, 0.2) is 6.29 Å². The highest BCUT2D eigenvalue weighted by Crippen LogP contribution is 2.29. The number of aldehydes is 1. The maximum Gasteiger partial charge on any atom is 0.153 e. The second-order valence-electron chi connectivity index (χ2n) is 3.49. The van der Waals surface area contributed by atoms with Gasteiger partial charge >= 0.3 is 0 Å². The van der Waals surface area contributed by atoms with Crippen LogP contribution in [-0.4, -0.2) is 23.3 Å². The van der Waals surface area contributed by atoms with Crippen LogP contribution in [0.25, 0.3) is 0 Å². The molecule has 2 N–H and O–H groups in total. The average molecular weight is 583 g/mol. The molecule has 0 spiro atoms. The number of hydrogen-bond acceptors (Lipinski definition) is 4. The van der Waals surface area contributed by atoms with Crippen LogP contribution in [-0.2, 0) is 4.79 Å². The second kappa shape index (κ2) is 12.8. The number of phenols is 2. The largest absolute Gasteiger partial charge is 0.507 e. The Balaban J connectivity index is 0. The van der Waals surface area contributed by atoms with Gasteiger partial charge < -0.3 is 15.0 Å². The molecule has 0 saturated heterocycles. The van der Waals surface area contributed by atoms with Crippen molar-refractivity contribution in [3.8, 4) is 11.5 Å². The molecule has 2 aromatic carbocycles. The third-order valence-electron chi connectivity index (χ3n) is 2.16. The molecule has 0 atom stereocenters. The molecule has 4 nitrogen and oxygen atoms in total. The van der Waals surface area contributed by atoms with Crippen LogP contribution >= 0.6 is 68.4 Å². The lowest BCUT2D eigenvalue weighted by atomic mass is 10.2. The van der Waals surface area contributed by atoms with E-state index in [4.69, 9.17) is 33.1 Å². The molecule has 0 amide bonds. The molecular formula is C15H14Cl2I2O4. The maximum absolute atomic E-state index is 10.3. The molecule has 2 aromatic rings. The van der Waals surface area contributed by atoms with Gasteiger partial charge in [-0.15, -0.1) is 0 Å². The summed E-state index contributed by atoms with van der Waals surface area (Å²) in [5, 5.41) is 19.3. The van der Waals surface area contributed by atoms with Crippen LogP contribution in [0.1, 0.15) is 17.8 Å². The molecular weight excluding hydrogens is 569 g/mol. The summed E-state index contributed by atoms with van der Waals surface area (Å²) in [6.07, 6.45) is 0.591. The number of carbonyl (C=O) groups excluding carboxylic acids is 2. The standard InChI is InChI=1S/C7H4ClIO2.C6H4ClIO.CH2O.CH4/c8-5-2-1-4(3-10)7(11)6(5)9;7-4-2-1-3-5(9)6(4)8;1-2;/h1-3,11H;1-3,9H;1H2;1H4. The van der Waals surface area contributed by atoms with E-state index in [0.717, 1.165) is 0 Å². The molecule has 0 fully saturated rings. The van der Waals surface area contributed by atoms with Crippen molar-refractivity contribution >= 4 is 81.5 Å². The second-order valence-corrected chi connectivity index (χ2v) is 6.46. The summed E-state index contributed by atoms with van der Waals surface area (Å²) in [7, 11) is 0. The maximum atomic E-state index is 10.3. The van der Waals surface area contributed by atoms with E-state index in [0.29, 0.717) is 23.5 Å². The lowest BCUT2D eigenvalue weighted by molar-refractivity contribution is -0.0980. The van der Waals surface area contributed by atoms with Gasteiger partial charge in [-0.05, 0) is 69.4 Å². The molecule has 0 saturated carbocycles. The van der Waals surface area contributed by atoms with Crippen LogP contribution < -0.4 is 0 Å². The zero-order valence-corrected chi connectivity index (χ0v) is 16.7. The Kier molecular flexibility index (Phi) is 13.7. The van der Waals surface area contributed by atoms with E-state index in [-0.39, 0.29) is 24.5 Å². The summed E-state index contributed by atoms with van der Waals surface area (Å²) in [5.74, 6) is 0.191. The van der Waals surface area contributed by atoms with Gasteiger partial charge in [0.1, 0.15) is 18.3 Å². The van der Waals surface area contributed by atoms with Crippen molar-refractivity contribution in [3.05, 3.63) is 53.1 Å². The zero-order chi connectivity index (χ0) is 17.3. The molecule has 0 aliphatic heterocycles. The highest BCUT2D eigenvalue weighted by atomic mass is 127. The zero-order valence-electron chi connectivity index (χ0n) is 10.9. The summed E-state index contributed by atoms with van der Waals surface area (Å²) in [6, 6.07) is 8.11. The van der Waals surface area contributed by atoms with Crippen LogP contribution in [0.5, 0.6) is 11.5 Å². The Bertz CT molecular complexity index is 631. The molecule has 0 heterocycles. The van der Waals surface area contributed by atoms with Gasteiger partial charge in [-0.1, -0.05) is 36.7 Å². The lowest BCUT2D eigenvalue weighted by Crippen LogP contribution is -1.84. The van der Waals surface area contributed by atoms with E-state index in [1.165, 1.54) is 6.07 Å². The van der Waals surface area contributed by atoms with Gasteiger partial charge in [0.05, 0.1) is 22.7 Å². The number of benzene rings is 2. The Morgan fingerprint density at radius 3 is 1.91 bits per heavy atom. The summed E-state index contributed by atoms with van der Waals surface area (Å²) in [4.78, 5) is 18.3. The normalized spacial score (nSPS) is 8.52. The minimum Gasteiger partial charge on any atom is -0.507 e. The van der Waals surface area contributed by atoms with Crippen molar-refractivity contribution in [2.24, 2.45) is 0 Å². The highest BCUT2D eigenvalue weighted by molar-refractivity contribution is 14.1. The van der Waals surface area contributed by atoms with E-state index in [9.17, 15) is 9.90 Å². The first-order valence-corrected chi connectivity index (χ1v) is 8.33. The molecule has 0 aliphatic carbocycles. The Labute approximate surface area is 172 Å². The molecule has 2 rings (SSSR count). The molecule has 0 bridgehead atoms. The van der Waals surface area contributed by atoms with E-state index in [2.05, 4.69) is 0 Å². The minimum atomic E-state index is -0.0481. The predicted octanol–water partition coefficient (Wildman–Crippen LogP) is 5.56. The lowest BCUT2D eigenvalue weighted by Gasteiger charge is -2.00. The Hall–Kier alpha value is -0.580. The first-order chi connectivity index (χ1) is 10.4. The van der Waals surface area contributed by atoms with Crippen molar-refractivity contribution in [1.82, 2.24) is 0 Å². The van der Waals surface area contributed by atoms with E-state index >= 15 is 0 Å². The number of halogens is 4. The smallest absolute Gasteiger partial charge is 0.153 e. The van der Waals surface area contributed by atoms with Gasteiger partial charge in [-0.25, -0.2) is 0 Å². The third kappa shape index (κ3) is 7.69. The fourth-order valence-corrected chi connectivity index (χ4v) is 2.32. The van der Waals surface area contributed by atoms with Gasteiger partial charge in [-0.2, -0.15) is 0 Å². The molecule has 0 unspecified atom stereocenters. The molecule has 0 aliphatic rings. The fraction of sp³-hybridized carbons (Fsp3) is 0.0667. The first kappa shape index (κ1) is 24.7. The molecule has 0 aromatic heterocycles. The van der Waals surface area contributed by atoms with Gasteiger partial charge in [0.25, 0.3) is 0 Å². The SMILES string of the molecule is C.C=O.O=Cc1ccc(Cl)c(I)c1O.Oc1cccc(Cl)c1I. The number of hydrogen-bond donors (Lipinski definition) is 2. The average Bonchev–Trinajstić information content (AvgIpc) is 2.53. The number of phenolic OH excluding ortho intramolecular Hbond substituents is 2. The van der Waals surface area contributed by atoms with Gasteiger partial charge in [-0.3, -0.25) is 4.79 Å². The number of carbonyl (C=O) groups is 2. The van der Waals surface area contributed by atoms with Crippen molar-refractivity contribution in [3.63, 3.8) is 0 Å². The Morgan fingerprint density at radius 1 is 0.957 bits per heavy atom. The van der Waals surface area contributed by atoms with E-state index < -0.39 is 0 Å². The fourth-order valence-electron chi connectivity index (χ4n) is 1.14. The summed E-state index contributed by atoms with van der Waals surface area (Å²) in [5.41, 5.74) is 0.263. The van der Waals surface area contributed by atoms with Crippen molar-refractivity contribution in [1.29, 1.82) is 0 Å². The van der Waals surface area contributed by atoms with Gasteiger partial charge in [0.2, 0.25) is 0 Å². The summed E-state index contributed by atoms with van der Waals surface area (Å²) in [6.45, 7) is 2.00. The van der Waals surface area contributed by atoms with Crippen LogP contribution in [0, 0.1) is 7.14 Å². The predicted molar refractivity (Wildman–Crippen MR) is 111 cm³/mol. The van der Waals surface area contributed by atoms with E-state index in [1.54, 1.807) is 24.3 Å². The van der Waals surface area contributed by atoms with Gasteiger partial charge in [0, 0.05) is 0 Å². The van der Waals surface area contributed by atoms with Crippen molar-refractivity contribution in [2.45, 2.75) is 7.43 Å². The van der Waals surface area contributed by atoms with Crippen LogP contribution in [0.2, 0.25) is 10.0 Å². The summed E-state index contributed by atoms with van der Waals surface area (Å²) >= 11 is 15.2. The van der Waals surface area contributed by atoms with Crippen molar-refractivity contribution < 1.29 is 19.8 Å². The van der Waals surface area contributed by atoms with Crippen molar-refractivity contribution in [2.75, 3.05) is 0 Å². The topological polar surface area (TPSA) is 74.6 Å². The number of aromatic hydroxyl groups is 2. The van der Waals surface area contributed by atoms with E-state index in [1.807, 2.05) is 52.0 Å². The summed E-state index contributed by atoms with van der Waals surface area (Å²) < 4.78 is 1.21.